The van der Waals surface area contributed by atoms with Crippen LogP contribution in [0, 0.1) is 11.6 Å². The average Bonchev–Trinajstić information content (AvgIpc) is 2.46. The quantitative estimate of drug-likeness (QED) is 0.892. The zero-order valence-electron chi connectivity index (χ0n) is 11.5. The van der Waals surface area contributed by atoms with Crippen LogP contribution in [0.3, 0.4) is 0 Å². The molecule has 114 valence electrons. The van der Waals surface area contributed by atoms with Crippen LogP contribution >= 0.6 is 0 Å². The van der Waals surface area contributed by atoms with Gasteiger partial charge in [0.1, 0.15) is 23.4 Å². The highest BCUT2D eigenvalue weighted by molar-refractivity contribution is 5.89. The van der Waals surface area contributed by atoms with Crippen LogP contribution in [0.25, 0.3) is 0 Å². The van der Waals surface area contributed by atoms with Crippen molar-refractivity contribution in [1.29, 1.82) is 0 Å². The van der Waals surface area contributed by atoms with Gasteiger partial charge in [-0.25, -0.2) is 13.6 Å². The van der Waals surface area contributed by atoms with E-state index in [4.69, 9.17) is 5.11 Å². The number of carboxylic acids is 1. The summed E-state index contributed by atoms with van der Waals surface area (Å²) in [5, 5.41) is 11.3. The highest BCUT2D eigenvalue weighted by Gasteiger charge is 2.32. The van der Waals surface area contributed by atoms with Crippen molar-refractivity contribution in [1.82, 2.24) is 5.32 Å². The number of carbonyl (C=O) groups is 2. The average molecular weight is 298 g/mol. The summed E-state index contributed by atoms with van der Waals surface area (Å²) in [5.74, 6) is -3.65. The summed E-state index contributed by atoms with van der Waals surface area (Å²) < 4.78 is 28.2. The van der Waals surface area contributed by atoms with Crippen LogP contribution < -0.4 is 10.2 Å². The molecule has 1 aliphatic rings. The van der Waals surface area contributed by atoms with Crippen LogP contribution in [0.1, 0.15) is 29.6 Å². The van der Waals surface area contributed by atoms with E-state index in [-0.39, 0.29) is 11.6 Å². The molecule has 2 N–H and O–H groups in total. The van der Waals surface area contributed by atoms with Crippen molar-refractivity contribution in [2.75, 3.05) is 18.5 Å². The van der Waals surface area contributed by atoms with Gasteiger partial charge in [-0.2, -0.15) is 0 Å². The van der Waals surface area contributed by atoms with Crippen molar-refractivity contribution in [3.8, 4) is 0 Å². The van der Waals surface area contributed by atoms with E-state index in [0.717, 1.165) is 18.6 Å². The molecule has 1 aromatic rings. The fourth-order valence-electron chi connectivity index (χ4n) is 2.60. The van der Waals surface area contributed by atoms with Gasteiger partial charge in [-0.1, -0.05) is 0 Å². The first-order valence-electron chi connectivity index (χ1n) is 6.66. The van der Waals surface area contributed by atoms with Gasteiger partial charge in [0, 0.05) is 13.6 Å². The molecular formula is C14H16F2N2O3. The Hall–Kier alpha value is -2.18. The Morgan fingerprint density at radius 1 is 1.29 bits per heavy atom. The number of amides is 1. The Labute approximate surface area is 120 Å². The van der Waals surface area contributed by atoms with Gasteiger partial charge >= 0.3 is 5.97 Å². The first-order valence-corrected chi connectivity index (χ1v) is 6.66. The number of hydrogen-bond acceptors (Lipinski definition) is 3. The minimum atomic E-state index is -1.40. The maximum atomic E-state index is 14.1. The standard InChI is InChI=1S/C14H16F2N2O3/c1-17-13(19)11-4-2-3-5-18(11)12-9(15)6-8(14(20)21)7-10(12)16/h6-7,11H,2-5H2,1H3,(H,17,19)(H,20,21). The molecule has 1 heterocycles. The lowest BCUT2D eigenvalue weighted by Crippen LogP contribution is -2.49. The molecular weight excluding hydrogens is 282 g/mol. The maximum absolute atomic E-state index is 14.1. The summed E-state index contributed by atoms with van der Waals surface area (Å²) in [4.78, 5) is 24.0. The number of aromatic carboxylic acids is 1. The zero-order chi connectivity index (χ0) is 15.6. The SMILES string of the molecule is CNC(=O)C1CCCCN1c1c(F)cc(C(=O)O)cc1F. The zero-order valence-corrected chi connectivity index (χ0v) is 11.5. The number of likely N-dealkylation sites (N-methyl/N-ethyl adjacent to an activating group) is 1. The van der Waals surface area contributed by atoms with Gasteiger partial charge in [0.25, 0.3) is 0 Å². The molecule has 1 fully saturated rings. The van der Waals surface area contributed by atoms with Crippen molar-refractivity contribution in [2.24, 2.45) is 0 Å². The third-order valence-electron chi connectivity index (χ3n) is 3.60. The fourth-order valence-corrected chi connectivity index (χ4v) is 2.60. The maximum Gasteiger partial charge on any atom is 0.335 e. The second kappa shape index (κ2) is 6.07. The predicted molar refractivity (Wildman–Crippen MR) is 72.4 cm³/mol. The molecule has 1 unspecified atom stereocenters. The molecule has 5 nitrogen and oxygen atoms in total. The van der Waals surface area contributed by atoms with Gasteiger partial charge in [-0.3, -0.25) is 4.79 Å². The second-order valence-electron chi connectivity index (χ2n) is 4.91. The molecule has 0 saturated carbocycles. The number of nitrogens with zero attached hydrogens (tertiary/aromatic N) is 1. The Morgan fingerprint density at radius 2 is 1.90 bits per heavy atom. The molecule has 1 saturated heterocycles. The van der Waals surface area contributed by atoms with Crippen LogP contribution in [-0.2, 0) is 4.79 Å². The summed E-state index contributed by atoms with van der Waals surface area (Å²) >= 11 is 0. The molecule has 7 heteroatoms. The van der Waals surface area contributed by atoms with E-state index >= 15 is 0 Å². The van der Waals surface area contributed by atoms with Crippen LogP contribution in [0.2, 0.25) is 0 Å². The third kappa shape index (κ3) is 2.96. The topological polar surface area (TPSA) is 69.6 Å². The molecule has 0 radical (unpaired) electrons. The Morgan fingerprint density at radius 3 is 2.43 bits per heavy atom. The van der Waals surface area contributed by atoms with Crippen molar-refractivity contribution in [3.63, 3.8) is 0 Å². The van der Waals surface area contributed by atoms with Crippen molar-refractivity contribution >= 4 is 17.6 Å². The van der Waals surface area contributed by atoms with Gasteiger partial charge < -0.3 is 15.3 Å². The van der Waals surface area contributed by atoms with Crippen molar-refractivity contribution in [2.45, 2.75) is 25.3 Å². The van der Waals surface area contributed by atoms with Gasteiger partial charge in [-0.05, 0) is 31.4 Å². The highest BCUT2D eigenvalue weighted by Crippen LogP contribution is 2.31. The number of rotatable bonds is 3. The van der Waals surface area contributed by atoms with Crippen LogP contribution in [0.5, 0.6) is 0 Å². The van der Waals surface area contributed by atoms with E-state index in [0.29, 0.717) is 19.4 Å². The lowest BCUT2D eigenvalue weighted by atomic mass is 9.99. The molecule has 1 aromatic carbocycles. The smallest absolute Gasteiger partial charge is 0.335 e. The van der Waals surface area contributed by atoms with Crippen LogP contribution in [0.4, 0.5) is 14.5 Å². The number of piperidine rings is 1. The minimum Gasteiger partial charge on any atom is -0.478 e. The number of hydrogen-bond donors (Lipinski definition) is 2. The normalized spacial score (nSPS) is 18.4. The Kier molecular flexibility index (Phi) is 4.40. The molecule has 1 aliphatic heterocycles. The van der Waals surface area contributed by atoms with E-state index in [9.17, 15) is 18.4 Å². The van der Waals surface area contributed by atoms with Crippen molar-refractivity contribution < 1.29 is 23.5 Å². The predicted octanol–water partition coefficient (Wildman–Crippen LogP) is 1.77. The summed E-state index contributed by atoms with van der Waals surface area (Å²) in [7, 11) is 1.47. The monoisotopic (exact) mass is 298 g/mol. The number of benzene rings is 1. The van der Waals surface area contributed by atoms with Crippen LogP contribution in [-0.4, -0.2) is 36.6 Å². The van der Waals surface area contributed by atoms with Crippen LogP contribution in [0.15, 0.2) is 12.1 Å². The Bertz CT molecular complexity index is 554. The first kappa shape index (κ1) is 15.2. The first-order chi connectivity index (χ1) is 9.95. The molecule has 0 bridgehead atoms. The molecule has 21 heavy (non-hydrogen) atoms. The van der Waals surface area contributed by atoms with Gasteiger partial charge in [0.15, 0.2) is 0 Å². The van der Waals surface area contributed by atoms with E-state index in [1.54, 1.807) is 0 Å². The van der Waals surface area contributed by atoms with E-state index in [1.165, 1.54) is 11.9 Å². The number of carbonyl (C=O) groups excluding carboxylic acids is 1. The second-order valence-corrected chi connectivity index (χ2v) is 4.91. The van der Waals surface area contributed by atoms with Gasteiger partial charge in [0.2, 0.25) is 5.91 Å². The summed E-state index contributed by atoms with van der Waals surface area (Å²) in [6.07, 6.45) is 2.01. The lowest BCUT2D eigenvalue weighted by Gasteiger charge is -2.36. The molecule has 1 atom stereocenters. The fraction of sp³-hybridized carbons (Fsp3) is 0.429. The molecule has 2 rings (SSSR count). The van der Waals surface area contributed by atoms with Gasteiger partial charge in [0.05, 0.1) is 5.56 Å². The number of anilines is 1. The summed E-state index contributed by atoms with van der Waals surface area (Å²) in [6.45, 7) is 0.346. The summed E-state index contributed by atoms with van der Waals surface area (Å²) in [5.41, 5.74) is -0.796. The highest BCUT2D eigenvalue weighted by atomic mass is 19.1. The van der Waals surface area contributed by atoms with E-state index in [2.05, 4.69) is 5.32 Å². The Balaban J connectivity index is 2.43. The molecule has 1 amide bonds. The third-order valence-corrected chi connectivity index (χ3v) is 3.60. The number of carboxylic acid groups (broad SMARTS) is 1. The van der Waals surface area contributed by atoms with E-state index in [1.807, 2.05) is 0 Å². The van der Waals surface area contributed by atoms with Crippen molar-refractivity contribution in [3.05, 3.63) is 29.3 Å². The summed E-state index contributed by atoms with van der Waals surface area (Å²) in [6, 6.07) is 0.899. The lowest BCUT2D eigenvalue weighted by molar-refractivity contribution is -0.122. The largest absolute Gasteiger partial charge is 0.478 e. The molecule has 0 spiro atoms. The molecule has 0 aliphatic carbocycles. The number of nitrogens with one attached hydrogen (secondary N) is 1. The minimum absolute atomic E-state index is 0.309. The van der Waals surface area contributed by atoms with E-state index < -0.39 is 29.2 Å². The number of halogens is 2. The van der Waals surface area contributed by atoms with Gasteiger partial charge in [-0.15, -0.1) is 0 Å². The molecule has 0 aromatic heterocycles.